The minimum absolute atomic E-state index is 0.0355. The Balaban J connectivity index is 1.56. The molecule has 8 atom stereocenters. The lowest BCUT2D eigenvalue weighted by Crippen LogP contribution is -2.60. The largest absolute Gasteiger partial charge is 0.376 e. The molecular weight excluding hydrogens is 1040 g/mol. The summed E-state index contributed by atoms with van der Waals surface area (Å²) in [6, 6.07) is 17.8. The SMILES string of the molecule is CC(=O)N[C@H](CCCNC(=N)N)C(O)N[C@H]1CC(=O)NCCCC[C@@H](C(N)=O)NC(=O)[C@H](Cc2c[nH]c3ccccc23)NC(=O)[C@H](CCCNC(=N)N)NC(=O)[C@@H](Cc2ccccc2)NC(=O)CN(C[C@@H](C)Cc2ccccc2)C1=O. The summed E-state index contributed by atoms with van der Waals surface area (Å²) in [5, 5.41) is 52.5. The minimum Gasteiger partial charge on any atom is -0.376 e. The van der Waals surface area contributed by atoms with Crippen molar-refractivity contribution < 1.29 is 43.5 Å². The van der Waals surface area contributed by atoms with Gasteiger partial charge >= 0.3 is 0 Å². The van der Waals surface area contributed by atoms with Gasteiger partial charge < -0.3 is 74.7 Å². The number of carbonyl (C=O) groups is 8. The first kappa shape index (κ1) is 63.3. The van der Waals surface area contributed by atoms with Crippen molar-refractivity contribution in [2.45, 2.75) is 127 Å². The number of carbonyl (C=O) groups excluding carboxylic acids is 8. The molecule has 25 heteroatoms. The molecule has 19 N–H and O–H groups in total. The third kappa shape index (κ3) is 21.9. The summed E-state index contributed by atoms with van der Waals surface area (Å²) >= 11 is 0. The van der Waals surface area contributed by atoms with Crippen LogP contribution in [0.25, 0.3) is 10.9 Å². The number of aliphatic hydroxyl groups excluding tert-OH is 1. The molecule has 1 fully saturated rings. The van der Waals surface area contributed by atoms with Gasteiger partial charge in [0.2, 0.25) is 47.3 Å². The first-order valence-corrected chi connectivity index (χ1v) is 27.3. The molecule has 0 bridgehead atoms. The summed E-state index contributed by atoms with van der Waals surface area (Å²) in [6.07, 6.45) is 1.04. The number of aliphatic hydroxyl groups is 1. The van der Waals surface area contributed by atoms with Gasteiger partial charge in [-0.1, -0.05) is 85.8 Å². The van der Waals surface area contributed by atoms with Crippen molar-refractivity contribution in [3.05, 3.63) is 108 Å². The highest BCUT2D eigenvalue weighted by atomic mass is 16.3. The predicted octanol–water partition coefficient (Wildman–Crippen LogP) is -0.917. The standard InChI is InChI=1S/C56H80N16O9/c1-34(27-36-15-5-3-6-16-36)32-72-33-48(75)67-44(28-37-17-7-4-8-18-37)52(79)69-43(23-14-26-64-56(60)61)51(78)70-45(29-38-31-65-40-20-10-9-19-39(38)40)53(80)68-41(49(57)76)21-11-12-24-62-47(74)30-46(54(72)81)71-50(77)42(66-35(2)73)22-13-25-63-55(58)59/h3-10,15-20,31,34,41-46,50,65,71,77H,11-14,21-30,32-33H2,1-2H3,(H2,57,76)(H,62,74)(H,66,73)(H,67,75)(H,68,80)(H,69,79)(H,70,78)(H4,58,59,63)(H4,60,61,64)/t34-,41-,42+,43-,44+,45-,46-,50?/m0/s1. The average molecular weight is 1120 g/mol. The quantitative estimate of drug-likeness (QED) is 0.0208. The zero-order valence-electron chi connectivity index (χ0n) is 46.0. The fraction of sp³-hybridized carbons (Fsp3) is 0.464. The van der Waals surface area contributed by atoms with E-state index in [1.165, 1.54) is 11.8 Å². The number of hydrogen-bond donors (Lipinski definition) is 16. The van der Waals surface area contributed by atoms with E-state index in [1.807, 2.05) is 61.5 Å². The molecule has 1 saturated heterocycles. The Labute approximate surface area is 471 Å². The molecule has 1 aliphatic heterocycles. The van der Waals surface area contributed by atoms with Gasteiger partial charge in [0.25, 0.3) is 0 Å². The number of primary amides is 1. The third-order valence-electron chi connectivity index (χ3n) is 13.6. The van der Waals surface area contributed by atoms with Crippen molar-refractivity contribution in [2.75, 3.05) is 32.7 Å². The van der Waals surface area contributed by atoms with Crippen LogP contribution in [0.15, 0.2) is 91.1 Å². The first-order chi connectivity index (χ1) is 38.8. The minimum atomic E-state index is -1.63. The normalized spacial score (nSPS) is 20.5. The lowest BCUT2D eigenvalue weighted by atomic mass is 9.99. The van der Waals surface area contributed by atoms with E-state index >= 15 is 4.79 Å². The number of benzene rings is 3. The molecule has 0 aliphatic carbocycles. The van der Waals surface area contributed by atoms with Crippen molar-refractivity contribution in [3.63, 3.8) is 0 Å². The van der Waals surface area contributed by atoms with Crippen molar-refractivity contribution >= 4 is 70.1 Å². The average Bonchev–Trinajstić information content (AvgIpc) is 3.85. The number of aromatic amines is 1. The monoisotopic (exact) mass is 1120 g/mol. The Morgan fingerprint density at radius 1 is 0.741 bits per heavy atom. The fourth-order valence-electron chi connectivity index (χ4n) is 9.63. The smallest absolute Gasteiger partial charge is 0.243 e. The van der Waals surface area contributed by atoms with Gasteiger partial charge in [-0.3, -0.25) is 54.5 Å². The highest BCUT2D eigenvalue weighted by molar-refractivity contribution is 5.97. The van der Waals surface area contributed by atoms with Crippen LogP contribution < -0.4 is 65.1 Å². The molecule has 8 amide bonds. The number of guanidine groups is 2. The summed E-state index contributed by atoms with van der Waals surface area (Å²) < 4.78 is 0. The molecule has 1 aromatic heterocycles. The van der Waals surface area contributed by atoms with Crippen LogP contribution in [-0.4, -0.2) is 149 Å². The van der Waals surface area contributed by atoms with E-state index in [-0.39, 0.29) is 95.4 Å². The van der Waals surface area contributed by atoms with Crippen LogP contribution in [0, 0.1) is 16.7 Å². The van der Waals surface area contributed by atoms with E-state index in [2.05, 4.69) is 52.8 Å². The van der Waals surface area contributed by atoms with Crippen molar-refractivity contribution in [1.29, 1.82) is 10.8 Å². The molecule has 5 rings (SSSR count). The summed E-state index contributed by atoms with van der Waals surface area (Å²) in [4.78, 5) is 117. The number of nitrogens with zero attached hydrogens (tertiary/aromatic N) is 1. The fourth-order valence-corrected chi connectivity index (χ4v) is 9.63. The molecule has 1 aliphatic rings. The first-order valence-electron chi connectivity index (χ1n) is 27.3. The van der Waals surface area contributed by atoms with Crippen LogP contribution in [-0.2, 0) is 57.6 Å². The number of para-hydroxylation sites is 1. The van der Waals surface area contributed by atoms with Crippen LogP contribution in [0.5, 0.6) is 0 Å². The van der Waals surface area contributed by atoms with Crippen molar-refractivity contribution in [2.24, 2.45) is 23.1 Å². The zero-order valence-corrected chi connectivity index (χ0v) is 46.0. The number of rotatable bonds is 21. The molecule has 1 unspecified atom stereocenters. The van der Waals surface area contributed by atoms with Crippen LogP contribution in [0.3, 0.4) is 0 Å². The van der Waals surface area contributed by atoms with E-state index in [1.54, 1.807) is 36.5 Å². The second-order valence-electron chi connectivity index (χ2n) is 20.5. The second kappa shape index (κ2) is 32.5. The molecule has 0 spiro atoms. The summed E-state index contributed by atoms with van der Waals surface area (Å²) in [5.74, 6) is -6.74. The third-order valence-corrected chi connectivity index (χ3v) is 13.6. The van der Waals surface area contributed by atoms with Gasteiger partial charge in [-0.2, -0.15) is 0 Å². The molecule has 4 aromatic rings. The molecule has 0 radical (unpaired) electrons. The predicted molar refractivity (Wildman–Crippen MR) is 305 cm³/mol. The Bertz CT molecular complexity index is 2760. The van der Waals surface area contributed by atoms with Gasteiger partial charge in [-0.05, 0) is 80.0 Å². The summed E-state index contributed by atoms with van der Waals surface area (Å²) in [7, 11) is 0. The van der Waals surface area contributed by atoms with Crippen LogP contribution in [0.2, 0.25) is 0 Å². The molecule has 2 heterocycles. The number of amides is 8. The molecular formula is C56H80N16O9. The Morgan fingerprint density at radius 3 is 2.01 bits per heavy atom. The topological polar surface area (TPSA) is 410 Å². The molecule has 25 nitrogen and oxygen atoms in total. The maximum absolute atomic E-state index is 15.1. The zero-order chi connectivity index (χ0) is 58.8. The van der Waals surface area contributed by atoms with Crippen LogP contribution in [0.1, 0.15) is 81.9 Å². The number of fused-ring (bicyclic) bond motifs is 1. The lowest BCUT2D eigenvalue weighted by molar-refractivity contribution is -0.141. The highest BCUT2D eigenvalue weighted by Crippen LogP contribution is 2.20. The molecule has 0 saturated carbocycles. The highest BCUT2D eigenvalue weighted by Gasteiger charge is 2.35. The maximum Gasteiger partial charge on any atom is 0.243 e. The van der Waals surface area contributed by atoms with E-state index < -0.39 is 103 Å². The summed E-state index contributed by atoms with van der Waals surface area (Å²) in [6.45, 7) is 2.86. The van der Waals surface area contributed by atoms with E-state index in [0.29, 0.717) is 24.0 Å². The van der Waals surface area contributed by atoms with E-state index in [4.69, 9.17) is 28.0 Å². The lowest BCUT2D eigenvalue weighted by Gasteiger charge is -2.33. The summed E-state index contributed by atoms with van der Waals surface area (Å²) in [5.41, 5.74) is 19.9. The molecule has 81 heavy (non-hydrogen) atoms. The second-order valence-corrected chi connectivity index (χ2v) is 20.5. The van der Waals surface area contributed by atoms with Gasteiger partial charge in [0.1, 0.15) is 30.4 Å². The van der Waals surface area contributed by atoms with Crippen LogP contribution in [0.4, 0.5) is 0 Å². The van der Waals surface area contributed by atoms with Gasteiger partial charge in [0.05, 0.1) is 25.0 Å². The van der Waals surface area contributed by atoms with Crippen molar-refractivity contribution in [1.82, 2.24) is 57.7 Å². The van der Waals surface area contributed by atoms with E-state index in [9.17, 15) is 38.7 Å². The Morgan fingerprint density at radius 2 is 1.35 bits per heavy atom. The van der Waals surface area contributed by atoms with Gasteiger partial charge in [0, 0.05) is 63.0 Å². The number of aromatic nitrogens is 1. The number of H-pyrrole nitrogens is 1. The number of nitrogens with two attached hydrogens (primary N) is 3. The molecule has 438 valence electrons. The Hall–Kier alpha value is -8.58. The van der Waals surface area contributed by atoms with Crippen LogP contribution >= 0.6 is 0 Å². The number of nitrogens with one attached hydrogen (secondary N) is 12. The Kier molecular flexibility index (Phi) is 25.4. The molecule has 3 aromatic carbocycles. The van der Waals surface area contributed by atoms with Gasteiger partial charge in [-0.25, -0.2) is 0 Å². The number of hydrogen-bond acceptors (Lipinski definition) is 12. The van der Waals surface area contributed by atoms with Gasteiger partial charge in [0.15, 0.2) is 11.9 Å². The van der Waals surface area contributed by atoms with Crippen molar-refractivity contribution in [3.8, 4) is 0 Å². The van der Waals surface area contributed by atoms with E-state index in [0.717, 1.165) is 16.5 Å². The maximum atomic E-state index is 15.1. The van der Waals surface area contributed by atoms with Gasteiger partial charge in [-0.15, -0.1) is 0 Å².